The number of rotatable bonds is 2. The lowest BCUT2D eigenvalue weighted by Gasteiger charge is -2.22. The molecule has 0 aromatic heterocycles. The Bertz CT molecular complexity index is 585. The molecule has 1 aromatic rings. The Morgan fingerprint density at radius 2 is 2.00 bits per heavy atom. The minimum Gasteiger partial charge on any atom is -0.352 e. The Balaban J connectivity index is 1.89. The van der Waals surface area contributed by atoms with Crippen molar-refractivity contribution in [3.63, 3.8) is 0 Å². The topological polar surface area (TPSA) is 52.6 Å². The van der Waals surface area contributed by atoms with E-state index < -0.39 is 10.2 Å². The molecule has 6 heteroatoms. The second-order valence-electron chi connectivity index (χ2n) is 5.85. The van der Waals surface area contributed by atoms with Crippen LogP contribution in [0.2, 0.25) is 0 Å². The third kappa shape index (κ3) is 2.36. The first-order chi connectivity index (χ1) is 9.37. The van der Waals surface area contributed by atoms with E-state index in [9.17, 15) is 8.76 Å². The molecule has 4 nitrogen and oxygen atoms in total. The highest BCUT2D eigenvalue weighted by atomic mass is 32.3. The van der Waals surface area contributed by atoms with Crippen LogP contribution in [-0.2, 0) is 14.4 Å². The van der Waals surface area contributed by atoms with Crippen molar-refractivity contribution in [3.05, 3.63) is 29.8 Å². The van der Waals surface area contributed by atoms with E-state index in [-0.39, 0.29) is 17.8 Å². The Morgan fingerprint density at radius 1 is 1.35 bits per heavy atom. The van der Waals surface area contributed by atoms with Crippen molar-refractivity contribution in [1.82, 2.24) is 5.32 Å². The number of benzene rings is 1. The molecule has 2 saturated heterocycles. The van der Waals surface area contributed by atoms with Gasteiger partial charge in [-0.1, -0.05) is 30.2 Å². The average Bonchev–Trinajstić information content (AvgIpc) is 2.79. The smallest absolute Gasteiger partial charge is 0.218 e. The number of anilines is 1. The summed E-state index contributed by atoms with van der Waals surface area (Å²) in [6.45, 7) is 4.32. The molecule has 2 heterocycles. The first kappa shape index (κ1) is 14.0. The van der Waals surface area contributed by atoms with Crippen LogP contribution in [0.3, 0.4) is 0 Å². The van der Waals surface area contributed by atoms with Crippen molar-refractivity contribution in [2.75, 3.05) is 16.4 Å². The van der Waals surface area contributed by atoms with Gasteiger partial charge in [0.15, 0.2) is 16.6 Å². The summed E-state index contributed by atoms with van der Waals surface area (Å²) < 4.78 is 21.7. The summed E-state index contributed by atoms with van der Waals surface area (Å²) in [5.41, 5.74) is 2.28. The molecule has 0 amide bonds. The molecular formula is C14H19N2O2S2+. The molecule has 0 radical (unpaired) electrons. The maximum atomic E-state index is 11.9. The van der Waals surface area contributed by atoms with Gasteiger partial charge in [0, 0.05) is 5.69 Å². The lowest BCUT2D eigenvalue weighted by molar-refractivity contribution is 0.502. The predicted molar refractivity (Wildman–Crippen MR) is 86.7 cm³/mol. The zero-order valence-electron chi connectivity index (χ0n) is 11.6. The summed E-state index contributed by atoms with van der Waals surface area (Å²) in [5.74, 6) is 1.07. The SMILES string of the molecule is CC(C)c1ccc(N2C(=S)N[C@@H]3C[S+](=O)(O)C[C@H]32)cc1. The Hall–Kier alpha value is -0.980. The maximum Gasteiger partial charge on any atom is 0.218 e. The molecule has 2 aliphatic rings. The Labute approximate surface area is 125 Å². The van der Waals surface area contributed by atoms with Crippen molar-refractivity contribution in [2.45, 2.75) is 31.8 Å². The molecule has 2 aliphatic heterocycles. The Morgan fingerprint density at radius 3 is 2.60 bits per heavy atom. The first-order valence-electron chi connectivity index (χ1n) is 6.79. The standard InChI is InChI=1S/C14H18N2O2S2/c1-9(2)10-3-5-11(6-4-10)16-13-8-20(17,18)7-12(13)15-14(16)19/h3-6,9,12-13H,7-8H2,1-2H3,(H-,15,17,18,19)/p+1/t12-,13-/m1/s1. The molecule has 2 fully saturated rings. The fraction of sp³-hybridized carbons (Fsp3) is 0.500. The molecular weight excluding hydrogens is 292 g/mol. The van der Waals surface area contributed by atoms with Gasteiger partial charge in [0.05, 0.1) is 0 Å². The van der Waals surface area contributed by atoms with E-state index in [0.717, 1.165) is 5.69 Å². The fourth-order valence-corrected chi connectivity index (χ4v) is 5.25. The van der Waals surface area contributed by atoms with Crippen molar-refractivity contribution < 1.29 is 8.76 Å². The van der Waals surface area contributed by atoms with E-state index >= 15 is 0 Å². The lowest BCUT2D eigenvalue weighted by Crippen LogP contribution is -2.37. The third-order valence-electron chi connectivity index (χ3n) is 4.03. The molecule has 2 N–H and O–H groups in total. The highest BCUT2D eigenvalue weighted by molar-refractivity contribution is 7.98. The van der Waals surface area contributed by atoms with Crippen LogP contribution in [0.1, 0.15) is 25.3 Å². The zero-order chi connectivity index (χ0) is 14.5. The van der Waals surface area contributed by atoms with Crippen LogP contribution >= 0.6 is 12.2 Å². The number of nitrogens with zero attached hydrogens (tertiary/aromatic N) is 1. The van der Waals surface area contributed by atoms with Gasteiger partial charge in [-0.25, -0.2) is 0 Å². The molecule has 1 unspecified atom stereocenters. The van der Waals surface area contributed by atoms with Gasteiger partial charge in [-0.3, -0.25) is 0 Å². The van der Waals surface area contributed by atoms with E-state index in [1.165, 1.54) is 5.56 Å². The highest BCUT2D eigenvalue weighted by Crippen LogP contribution is 2.32. The lowest BCUT2D eigenvalue weighted by atomic mass is 10.0. The van der Waals surface area contributed by atoms with Crippen molar-refractivity contribution in [2.24, 2.45) is 0 Å². The van der Waals surface area contributed by atoms with Gasteiger partial charge in [0.1, 0.15) is 12.1 Å². The summed E-state index contributed by atoms with van der Waals surface area (Å²) >= 11 is 5.38. The van der Waals surface area contributed by atoms with E-state index in [2.05, 4.69) is 31.3 Å². The van der Waals surface area contributed by atoms with E-state index in [1.807, 2.05) is 17.0 Å². The zero-order valence-corrected chi connectivity index (χ0v) is 13.2. The molecule has 0 spiro atoms. The molecule has 1 aromatic carbocycles. The van der Waals surface area contributed by atoms with Crippen LogP contribution < -0.4 is 10.2 Å². The second kappa shape index (κ2) is 4.79. The molecule has 3 rings (SSSR count). The van der Waals surface area contributed by atoms with Crippen LogP contribution in [0.4, 0.5) is 5.69 Å². The highest BCUT2D eigenvalue weighted by Gasteiger charge is 2.54. The third-order valence-corrected chi connectivity index (χ3v) is 6.09. The molecule has 0 bridgehead atoms. The molecule has 3 atom stereocenters. The minimum atomic E-state index is -2.71. The van der Waals surface area contributed by atoms with Crippen LogP contribution in [-0.4, -0.2) is 33.3 Å². The van der Waals surface area contributed by atoms with Gasteiger partial charge in [-0.2, -0.15) is 4.55 Å². The minimum absolute atomic E-state index is 0.00935. The molecule has 0 aliphatic carbocycles. The largest absolute Gasteiger partial charge is 0.352 e. The summed E-state index contributed by atoms with van der Waals surface area (Å²) in [6, 6.07) is 8.27. The van der Waals surface area contributed by atoms with Gasteiger partial charge in [-0.15, -0.1) is 0 Å². The van der Waals surface area contributed by atoms with E-state index in [1.54, 1.807) is 0 Å². The number of fused-ring (bicyclic) bond motifs is 1. The number of nitrogens with one attached hydrogen (secondary N) is 1. The van der Waals surface area contributed by atoms with Gasteiger partial charge in [0.25, 0.3) is 0 Å². The van der Waals surface area contributed by atoms with E-state index in [4.69, 9.17) is 12.2 Å². The summed E-state index contributed by atoms with van der Waals surface area (Å²) in [6.07, 6.45) is 0. The van der Waals surface area contributed by atoms with Crippen molar-refractivity contribution in [1.29, 1.82) is 0 Å². The van der Waals surface area contributed by atoms with Gasteiger partial charge < -0.3 is 10.2 Å². The normalized spacial score (nSPS) is 32.6. The summed E-state index contributed by atoms with van der Waals surface area (Å²) in [5, 5.41) is 3.84. The fourth-order valence-electron chi connectivity index (χ4n) is 2.94. The van der Waals surface area contributed by atoms with E-state index in [0.29, 0.717) is 16.8 Å². The van der Waals surface area contributed by atoms with Crippen LogP contribution in [0, 0.1) is 0 Å². The van der Waals surface area contributed by atoms with Crippen molar-refractivity contribution >= 4 is 33.2 Å². The van der Waals surface area contributed by atoms with Gasteiger partial charge >= 0.3 is 0 Å². The van der Waals surface area contributed by atoms with Gasteiger partial charge in [0.2, 0.25) is 10.2 Å². The Kier molecular flexibility index (Phi) is 3.35. The second-order valence-corrected chi connectivity index (χ2v) is 8.44. The maximum absolute atomic E-state index is 11.9. The number of hydrogen-bond donors (Lipinski definition) is 2. The van der Waals surface area contributed by atoms with Crippen LogP contribution in [0.25, 0.3) is 0 Å². The quantitative estimate of drug-likeness (QED) is 0.648. The molecule has 0 saturated carbocycles. The van der Waals surface area contributed by atoms with Crippen LogP contribution in [0.15, 0.2) is 24.3 Å². The summed E-state index contributed by atoms with van der Waals surface area (Å²) in [4.78, 5) is 1.99. The van der Waals surface area contributed by atoms with Gasteiger partial charge in [-0.05, 0) is 35.8 Å². The number of hydrogen-bond acceptors (Lipinski definition) is 2. The molecule has 20 heavy (non-hydrogen) atoms. The first-order valence-corrected chi connectivity index (χ1v) is 9.05. The molecule has 108 valence electrons. The monoisotopic (exact) mass is 311 g/mol. The average molecular weight is 311 g/mol. The van der Waals surface area contributed by atoms with Crippen LogP contribution in [0.5, 0.6) is 0 Å². The summed E-state index contributed by atoms with van der Waals surface area (Å²) in [7, 11) is -2.71. The predicted octanol–water partition coefficient (Wildman–Crippen LogP) is 2.23. The number of thiocarbonyl (C=S) groups is 1. The van der Waals surface area contributed by atoms with Crippen molar-refractivity contribution in [3.8, 4) is 0 Å².